The number of aromatic hydroxyl groups is 1. The molecular weight excluding hydrogens is 252 g/mol. The summed E-state index contributed by atoms with van der Waals surface area (Å²) in [5.41, 5.74) is 1.71. The number of carbonyl (C=O) groups is 1. The molecule has 1 heterocycles. The molecule has 1 aliphatic heterocycles. The van der Waals surface area contributed by atoms with Gasteiger partial charge in [-0.1, -0.05) is 0 Å². The second-order valence-corrected chi connectivity index (χ2v) is 4.18. The highest BCUT2D eigenvalue weighted by atomic mass is 16.7. The van der Waals surface area contributed by atoms with E-state index in [1.165, 1.54) is 21.3 Å². The first kappa shape index (κ1) is 13.6. The first-order chi connectivity index (χ1) is 9.06. The molecule has 0 fully saturated rings. The summed E-state index contributed by atoms with van der Waals surface area (Å²) in [6.45, 7) is 1.82. The molecule has 6 heteroatoms. The van der Waals surface area contributed by atoms with Crippen molar-refractivity contribution in [2.45, 2.75) is 19.8 Å². The van der Waals surface area contributed by atoms with E-state index in [0.29, 0.717) is 22.4 Å². The highest BCUT2D eigenvalue weighted by molar-refractivity contribution is 5.98. The third-order valence-electron chi connectivity index (χ3n) is 3.16. The van der Waals surface area contributed by atoms with Crippen molar-refractivity contribution in [2.75, 3.05) is 21.3 Å². The van der Waals surface area contributed by atoms with Crippen LogP contribution >= 0.6 is 0 Å². The average molecular weight is 268 g/mol. The molecule has 1 aliphatic rings. The molecule has 1 atom stereocenters. The van der Waals surface area contributed by atoms with Gasteiger partial charge in [0.05, 0.1) is 13.7 Å². The number of hydrogen-bond donors (Lipinski definition) is 1. The zero-order valence-corrected chi connectivity index (χ0v) is 11.3. The Hall–Kier alpha value is -1.79. The molecule has 6 nitrogen and oxygen atoms in total. The number of phenolic OH excluding ortho intramolecular Hbond substituents is 1. The summed E-state index contributed by atoms with van der Waals surface area (Å²) in [6, 6.07) is 0. The minimum atomic E-state index is -0.854. The van der Waals surface area contributed by atoms with Gasteiger partial charge in [-0.25, -0.2) is 4.79 Å². The molecule has 2 rings (SSSR count). The van der Waals surface area contributed by atoms with E-state index in [0.717, 1.165) is 0 Å². The van der Waals surface area contributed by atoms with Gasteiger partial charge in [-0.05, 0) is 6.92 Å². The summed E-state index contributed by atoms with van der Waals surface area (Å²) in [6.07, 6.45) is -0.854. The van der Waals surface area contributed by atoms with E-state index < -0.39 is 12.3 Å². The Morgan fingerprint density at radius 1 is 1.32 bits per heavy atom. The van der Waals surface area contributed by atoms with Crippen molar-refractivity contribution in [3.05, 3.63) is 22.3 Å². The van der Waals surface area contributed by atoms with Crippen molar-refractivity contribution >= 4 is 5.97 Å². The maximum Gasteiger partial charge on any atom is 0.345 e. The maximum absolute atomic E-state index is 11.9. The number of ether oxygens (including phenoxy) is 4. The summed E-state index contributed by atoms with van der Waals surface area (Å²) < 4.78 is 20.5. The van der Waals surface area contributed by atoms with Crippen LogP contribution in [0.2, 0.25) is 0 Å². The third kappa shape index (κ3) is 1.93. The van der Waals surface area contributed by atoms with Gasteiger partial charge in [-0.2, -0.15) is 0 Å². The van der Waals surface area contributed by atoms with Crippen LogP contribution < -0.4 is 4.74 Å². The molecule has 19 heavy (non-hydrogen) atoms. The smallest absolute Gasteiger partial charge is 0.345 e. The third-order valence-corrected chi connectivity index (χ3v) is 3.16. The number of esters is 1. The SMILES string of the molecule is COCc1c(O)c(C)c(OC)c2c1[C@@H](OC)OC2=O. The van der Waals surface area contributed by atoms with Crippen molar-refractivity contribution in [1.82, 2.24) is 0 Å². The van der Waals surface area contributed by atoms with E-state index in [4.69, 9.17) is 18.9 Å². The standard InChI is InChI=1S/C13H16O6/c1-6-10(14)7(5-16-2)8-9(11(6)17-3)12(15)19-13(8)18-4/h13-14H,5H2,1-4H3/t13-/m0/s1. The number of hydrogen-bond acceptors (Lipinski definition) is 6. The number of phenols is 1. The maximum atomic E-state index is 11.9. The van der Waals surface area contributed by atoms with E-state index in [1.807, 2.05) is 0 Å². The monoisotopic (exact) mass is 268 g/mol. The number of cyclic esters (lactones) is 1. The topological polar surface area (TPSA) is 74.2 Å². The van der Waals surface area contributed by atoms with E-state index in [1.54, 1.807) is 6.92 Å². The fourth-order valence-corrected chi connectivity index (χ4v) is 2.31. The van der Waals surface area contributed by atoms with E-state index in [-0.39, 0.29) is 17.9 Å². The lowest BCUT2D eigenvalue weighted by Gasteiger charge is -2.17. The summed E-state index contributed by atoms with van der Waals surface area (Å²) in [5.74, 6) is -0.200. The van der Waals surface area contributed by atoms with Crippen LogP contribution in [0.15, 0.2) is 0 Å². The van der Waals surface area contributed by atoms with Crippen LogP contribution in [0, 0.1) is 6.92 Å². The summed E-state index contributed by atoms with van der Waals surface area (Å²) >= 11 is 0. The van der Waals surface area contributed by atoms with Crippen LogP contribution in [0.25, 0.3) is 0 Å². The number of methoxy groups -OCH3 is 3. The highest BCUT2D eigenvalue weighted by Crippen LogP contribution is 2.46. The Balaban J connectivity index is 2.77. The van der Waals surface area contributed by atoms with Crippen LogP contribution in [0.5, 0.6) is 11.5 Å². The minimum Gasteiger partial charge on any atom is -0.507 e. The lowest BCUT2D eigenvalue weighted by molar-refractivity contribution is -0.0824. The molecule has 0 bridgehead atoms. The van der Waals surface area contributed by atoms with Crippen molar-refractivity contribution in [2.24, 2.45) is 0 Å². The molecule has 0 radical (unpaired) electrons. The highest BCUT2D eigenvalue weighted by Gasteiger charge is 2.39. The van der Waals surface area contributed by atoms with Gasteiger partial charge in [-0.15, -0.1) is 0 Å². The molecule has 1 N–H and O–H groups in total. The molecule has 0 amide bonds. The van der Waals surface area contributed by atoms with Crippen LogP contribution in [0.3, 0.4) is 0 Å². The number of fused-ring (bicyclic) bond motifs is 1. The number of rotatable bonds is 4. The van der Waals surface area contributed by atoms with E-state index in [2.05, 4.69) is 0 Å². The Bertz CT molecular complexity index is 523. The minimum absolute atomic E-state index is 0.0257. The van der Waals surface area contributed by atoms with Crippen molar-refractivity contribution in [3.8, 4) is 11.5 Å². The molecule has 1 aromatic carbocycles. The van der Waals surface area contributed by atoms with Gasteiger partial charge < -0.3 is 24.1 Å². The molecule has 0 aromatic heterocycles. The zero-order valence-electron chi connectivity index (χ0n) is 11.3. The first-order valence-electron chi connectivity index (χ1n) is 5.71. The first-order valence-corrected chi connectivity index (χ1v) is 5.71. The largest absolute Gasteiger partial charge is 0.507 e. The average Bonchev–Trinajstić information content (AvgIpc) is 2.73. The normalized spacial score (nSPS) is 17.3. The van der Waals surface area contributed by atoms with Gasteiger partial charge in [0.2, 0.25) is 6.29 Å². The lowest BCUT2D eigenvalue weighted by atomic mass is 9.96. The van der Waals surface area contributed by atoms with Gasteiger partial charge in [0.1, 0.15) is 17.1 Å². The molecule has 0 aliphatic carbocycles. The molecule has 0 saturated heterocycles. The Kier molecular flexibility index (Phi) is 3.64. The molecule has 104 valence electrons. The number of carbonyl (C=O) groups excluding carboxylic acids is 1. The van der Waals surface area contributed by atoms with E-state index >= 15 is 0 Å². The van der Waals surface area contributed by atoms with Gasteiger partial charge in [0.25, 0.3) is 0 Å². The predicted octanol–water partition coefficient (Wildman–Crippen LogP) is 1.67. The lowest BCUT2D eigenvalue weighted by Crippen LogP contribution is -2.06. The Morgan fingerprint density at radius 3 is 2.53 bits per heavy atom. The number of benzene rings is 1. The quantitative estimate of drug-likeness (QED) is 0.837. The fourth-order valence-electron chi connectivity index (χ4n) is 2.31. The van der Waals surface area contributed by atoms with Crippen molar-refractivity contribution in [1.29, 1.82) is 0 Å². The Labute approximate surface area is 110 Å². The molecule has 0 unspecified atom stereocenters. The van der Waals surface area contributed by atoms with Crippen LogP contribution in [0.1, 0.15) is 33.3 Å². The van der Waals surface area contributed by atoms with Crippen LogP contribution in [0.4, 0.5) is 0 Å². The second kappa shape index (κ2) is 5.07. The summed E-state index contributed by atoms with van der Waals surface area (Å²) in [5, 5.41) is 10.2. The van der Waals surface area contributed by atoms with Crippen molar-refractivity contribution in [3.63, 3.8) is 0 Å². The van der Waals surface area contributed by atoms with Gasteiger partial charge in [-0.3, -0.25) is 0 Å². The second-order valence-electron chi connectivity index (χ2n) is 4.18. The van der Waals surface area contributed by atoms with Crippen LogP contribution in [-0.2, 0) is 20.8 Å². The van der Waals surface area contributed by atoms with Gasteiger partial charge >= 0.3 is 5.97 Å². The molecule has 0 spiro atoms. The van der Waals surface area contributed by atoms with Crippen molar-refractivity contribution < 1.29 is 28.8 Å². The summed E-state index contributed by atoms with van der Waals surface area (Å²) in [4.78, 5) is 11.9. The summed E-state index contributed by atoms with van der Waals surface area (Å²) in [7, 11) is 4.36. The Morgan fingerprint density at radius 2 is 2.00 bits per heavy atom. The van der Waals surface area contributed by atoms with Gasteiger partial charge in [0.15, 0.2) is 0 Å². The zero-order chi connectivity index (χ0) is 14.2. The molecule has 1 aromatic rings. The molecular formula is C13H16O6. The predicted molar refractivity (Wildman–Crippen MR) is 65.3 cm³/mol. The molecule has 0 saturated carbocycles. The van der Waals surface area contributed by atoms with Gasteiger partial charge in [0, 0.05) is 30.9 Å². The van der Waals surface area contributed by atoms with Crippen LogP contribution in [-0.4, -0.2) is 32.4 Å². The van der Waals surface area contributed by atoms with E-state index in [9.17, 15) is 9.90 Å². The fraction of sp³-hybridized carbons (Fsp3) is 0.462.